The number of rotatable bonds is 8. The summed E-state index contributed by atoms with van der Waals surface area (Å²) in [6, 6.07) is 11.1. The summed E-state index contributed by atoms with van der Waals surface area (Å²) in [5.74, 6) is 0.551. The molecule has 0 aliphatic carbocycles. The fraction of sp³-hybridized carbons (Fsp3) is 0.250. The van der Waals surface area contributed by atoms with Gasteiger partial charge in [-0.2, -0.15) is 0 Å². The fourth-order valence-electron chi connectivity index (χ4n) is 1.91. The fourth-order valence-corrected chi connectivity index (χ4v) is 2.60. The van der Waals surface area contributed by atoms with E-state index >= 15 is 0 Å². The van der Waals surface area contributed by atoms with Gasteiger partial charge in [-0.1, -0.05) is 12.1 Å². The second-order valence-corrected chi connectivity index (χ2v) is 5.70. The molecule has 1 heterocycles. The monoisotopic (exact) mass is 319 g/mol. The molecule has 0 aliphatic heterocycles. The van der Waals surface area contributed by atoms with Crippen molar-refractivity contribution in [1.29, 1.82) is 0 Å². The van der Waals surface area contributed by atoms with Crippen molar-refractivity contribution in [3.8, 4) is 0 Å². The number of hydrogen-bond acceptors (Lipinski definition) is 4. The quantitative estimate of drug-likeness (QED) is 0.781. The maximum absolute atomic E-state index is 11.9. The SMILES string of the molecule is O=C(O)CSCc1cccc(NC(=O)CCc2ccco2)c1. The number of thioether (sulfide) groups is 1. The van der Waals surface area contributed by atoms with Gasteiger partial charge < -0.3 is 14.8 Å². The minimum absolute atomic E-state index is 0.0692. The molecule has 0 saturated carbocycles. The van der Waals surface area contributed by atoms with E-state index in [1.165, 1.54) is 11.8 Å². The third kappa shape index (κ3) is 5.65. The number of aryl methyl sites for hydroxylation is 1. The molecule has 0 unspecified atom stereocenters. The van der Waals surface area contributed by atoms with E-state index in [1.54, 1.807) is 12.3 Å². The number of furan rings is 1. The first kappa shape index (κ1) is 16.2. The van der Waals surface area contributed by atoms with Crippen LogP contribution < -0.4 is 5.32 Å². The van der Waals surface area contributed by atoms with Crippen LogP contribution in [0.4, 0.5) is 5.69 Å². The molecule has 1 aromatic heterocycles. The van der Waals surface area contributed by atoms with Gasteiger partial charge in [0.15, 0.2) is 0 Å². The molecule has 0 aliphatic rings. The van der Waals surface area contributed by atoms with Gasteiger partial charge in [0.05, 0.1) is 12.0 Å². The average molecular weight is 319 g/mol. The highest BCUT2D eigenvalue weighted by Crippen LogP contribution is 2.17. The number of benzene rings is 1. The highest BCUT2D eigenvalue weighted by Gasteiger charge is 2.05. The molecule has 22 heavy (non-hydrogen) atoms. The summed E-state index contributed by atoms with van der Waals surface area (Å²) in [5.41, 5.74) is 1.70. The van der Waals surface area contributed by atoms with Crippen molar-refractivity contribution in [2.24, 2.45) is 0 Å². The summed E-state index contributed by atoms with van der Waals surface area (Å²) in [6.07, 6.45) is 2.50. The number of carboxylic acid groups (broad SMARTS) is 1. The van der Waals surface area contributed by atoms with Gasteiger partial charge in [-0.25, -0.2) is 0 Å². The molecular formula is C16H17NO4S. The molecule has 0 atom stereocenters. The highest BCUT2D eigenvalue weighted by molar-refractivity contribution is 7.99. The summed E-state index contributed by atoms with van der Waals surface area (Å²) < 4.78 is 5.19. The lowest BCUT2D eigenvalue weighted by atomic mass is 10.2. The Labute approximate surface area is 132 Å². The molecule has 6 heteroatoms. The predicted molar refractivity (Wildman–Crippen MR) is 85.9 cm³/mol. The van der Waals surface area contributed by atoms with Crippen LogP contribution in [0.5, 0.6) is 0 Å². The minimum atomic E-state index is -0.826. The lowest BCUT2D eigenvalue weighted by Crippen LogP contribution is -2.12. The van der Waals surface area contributed by atoms with Crippen LogP contribution in [0, 0.1) is 0 Å². The second-order valence-electron chi connectivity index (χ2n) is 4.71. The number of carboxylic acids is 1. The molecule has 0 bridgehead atoms. The van der Waals surface area contributed by atoms with E-state index in [4.69, 9.17) is 9.52 Å². The average Bonchev–Trinajstić information content (AvgIpc) is 2.98. The number of aliphatic carboxylic acids is 1. The number of nitrogens with one attached hydrogen (secondary N) is 1. The van der Waals surface area contributed by atoms with Crippen LogP contribution in [0.15, 0.2) is 47.1 Å². The molecule has 1 amide bonds. The Kier molecular flexibility index (Phi) is 6.09. The van der Waals surface area contributed by atoms with Crippen molar-refractivity contribution in [3.05, 3.63) is 54.0 Å². The van der Waals surface area contributed by atoms with Gasteiger partial charge in [0, 0.05) is 24.3 Å². The molecule has 2 N–H and O–H groups in total. The van der Waals surface area contributed by atoms with Gasteiger partial charge in [0.2, 0.25) is 5.91 Å². The lowest BCUT2D eigenvalue weighted by molar-refractivity contribution is -0.133. The van der Waals surface area contributed by atoms with Gasteiger partial charge in [-0.05, 0) is 29.8 Å². The van der Waals surface area contributed by atoms with Gasteiger partial charge >= 0.3 is 5.97 Å². The van der Waals surface area contributed by atoms with E-state index in [0.29, 0.717) is 18.6 Å². The normalized spacial score (nSPS) is 10.4. The van der Waals surface area contributed by atoms with Crippen LogP contribution in [0.1, 0.15) is 17.7 Å². The van der Waals surface area contributed by atoms with Crippen molar-refractivity contribution < 1.29 is 19.1 Å². The van der Waals surface area contributed by atoms with Gasteiger partial charge in [-0.15, -0.1) is 11.8 Å². The molecule has 1 aromatic carbocycles. The third-order valence-electron chi connectivity index (χ3n) is 2.88. The molecule has 0 saturated heterocycles. The first-order valence-corrected chi connectivity index (χ1v) is 7.99. The summed E-state index contributed by atoms with van der Waals surface area (Å²) in [5, 5.41) is 11.5. The smallest absolute Gasteiger partial charge is 0.313 e. The van der Waals surface area contributed by atoms with E-state index in [0.717, 1.165) is 17.0 Å². The summed E-state index contributed by atoms with van der Waals surface area (Å²) in [4.78, 5) is 22.4. The Morgan fingerprint density at radius 2 is 2.09 bits per heavy atom. The van der Waals surface area contributed by atoms with E-state index in [1.807, 2.05) is 30.3 Å². The number of hydrogen-bond donors (Lipinski definition) is 2. The lowest BCUT2D eigenvalue weighted by Gasteiger charge is -2.07. The van der Waals surface area contributed by atoms with E-state index < -0.39 is 5.97 Å². The zero-order valence-electron chi connectivity index (χ0n) is 12.0. The minimum Gasteiger partial charge on any atom is -0.481 e. The van der Waals surface area contributed by atoms with Gasteiger partial charge in [0.1, 0.15) is 5.76 Å². The first-order chi connectivity index (χ1) is 10.6. The molecule has 0 spiro atoms. The van der Waals surface area contributed by atoms with Crippen molar-refractivity contribution in [2.45, 2.75) is 18.6 Å². The first-order valence-electron chi connectivity index (χ1n) is 6.84. The zero-order chi connectivity index (χ0) is 15.8. The maximum atomic E-state index is 11.9. The predicted octanol–water partition coefficient (Wildman–Crippen LogP) is 3.17. The maximum Gasteiger partial charge on any atom is 0.313 e. The summed E-state index contributed by atoms with van der Waals surface area (Å²) >= 11 is 1.33. The number of anilines is 1. The molecule has 116 valence electrons. The second kappa shape index (κ2) is 8.29. The Hall–Kier alpha value is -2.21. The van der Waals surface area contributed by atoms with Gasteiger partial charge in [-0.3, -0.25) is 9.59 Å². The summed E-state index contributed by atoms with van der Waals surface area (Å²) in [6.45, 7) is 0. The van der Waals surface area contributed by atoms with Crippen LogP contribution in [-0.2, 0) is 21.8 Å². The highest BCUT2D eigenvalue weighted by atomic mass is 32.2. The van der Waals surface area contributed by atoms with Crippen LogP contribution in [0.25, 0.3) is 0 Å². The third-order valence-corrected chi connectivity index (χ3v) is 3.87. The van der Waals surface area contributed by atoms with Gasteiger partial charge in [0.25, 0.3) is 0 Å². The van der Waals surface area contributed by atoms with Crippen molar-refractivity contribution in [3.63, 3.8) is 0 Å². The van der Waals surface area contributed by atoms with Crippen LogP contribution in [-0.4, -0.2) is 22.7 Å². The molecule has 5 nitrogen and oxygen atoms in total. The van der Waals surface area contributed by atoms with E-state index in [-0.39, 0.29) is 11.7 Å². The molecule has 2 rings (SSSR count). The van der Waals surface area contributed by atoms with Crippen molar-refractivity contribution in [2.75, 3.05) is 11.1 Å². The standard InChI is InChI=1S/C16H17NO4S/c18-15(7-6-14-5-2-8-21-14)17-13-4-1-3-12(9-13)10-22-11-16(19)20/h1-5,8-9H,6-7,10-11H2,(H,17,18)(H,19,20). The van der Waals surface area contributed by atoms with Crippen molar-refractivity contribution in [1.82, 2.24) is 0 Å². The molecule has 2 aromatic rings. The Morgan fingerprint density at radius 3 is 2.82 bits per heavy atom. The zero-order valence-corrected chi connectivity index (χ0v) is 12.8. The topological polar surface area (TPSA) is 79.5 Å². The van der Waals surface area contributed by atoms with Crippen molar-refractivity contribution >= 4 is 29.3 Å². The molecule has 0 radical (unpaired) electrons. The van der Waals surface area contributed by atoms with Crippen LogP contribution in [0.3, 0.4) is 0 Å². The van der Waals surface area contributed by atoms with Crippen LogP contribution in [0.2, 0.25) is 0 Å². The Bertz CT molecular complexity index is 625. The summed E-state index contributed by atoms with van der Waals surface area (Å²) in [7, 11) is 0. The number of amides is 1. The van der Waals surface area contributed by atoms with E-state index in [9.17, 15) is 9.59 Å². The largest absolute Gasteiger partial charge is 0.481 e. The van der Waals surface area contributed by atoms with E-state index in [2.05, 4.69) is 5.32 Å². The molecule has 0 fully saturated rings. The van der Waals surface area contributed by atoms with Crippen LogP contribution >= 0.6 is 11.8 Å². The Balaban J connectivity index is 1.81. The number of carbonyl (C=O) groups excluding carboxylic acids is 1. The molecular weight excluding hydrogens is 302 g/mol. The Morgan fingerprint density at radius 1 is 1.23 bits per heavy atom. The number of carbonyl (C=O) groups is 2.